The van der Waals surface area contributed by atoms with Crippen LogP contribution in [0.1, 0.15) is 25.3 Å². The molecule has 1 aliphatic carbocycles. The number of ether oxygens (including phenoxy) is 3. The second-order valence-electron chi connectivity index (χ2n) is 6.33. The van der Waals surface area contributed by atoms with Crippen LogP contribution < -0.4 is 0 Å². The highest BCUT2D eigenvalue weighted by Gasteiger charge is 2.54. The number of rotatable bonds is 6. The zero-order valence-corrected chi connectivity index (χ0v) is 15.3. The molecular weight excluding hydrogens is 336 g/mol. The summed E-state index contributed by atoms with van der Waals surface area (Å²) >= 11 is 0. The lowest BCUT2D eigenvalue weighted by molar-refractivity contribution is -0.173. The third-order valence-electron chi connectivity index (χ3n) is 4.70. The van der Waals surface area contributed by atoms with E-state index >= 15 is 0 Å². The quantitative estimate of drug-likeness (QED) is 0.336. The van der Waals surface area contributed by atoms with Crippen LogP contribution in [0.4, 0.5) is 0 Å². The maximum Gasteiger partial charge on any atom is 0.324 e. The van der Waals surface area contributed by atoms with Gasteiger partial charge in [0.2, 0.25) is 0 Å². The van der Waals surface area contributed by atoms with E-state index < -0.39 is 23.3 Å². The molecule has 140 valence electrons. The number of hydrogen-bond donors (Lipinski definition) is 0. The fraction of sp³-hybridized carbons (Fsp3) is 0.450. The van der Waals surface area contributed by atoms with Crippen LogP contribution in [0.5, 0.6) is 0 Å². The minimum absolute atomic E-state index is 0.167. The molecule has 0 unspecified atom stereocenters. The number of carbonyl (C=O) groups is 3. The zero-order chi connectivity index (χ0) is 19.2. The van der Waals surface area contributed by atoms with E-state index in [1.807, 2.05) is 30.3 Å². The average molecular weight is 360 g/mol. The fourth-order valence-electron chi connectivity index (χ4n) is 3.46. The molecule has 0 amide bonds. The molecule has 0 saturated heterocycles. The molecule has 0 radical (unpaired) electrons. The number of allylic oxidation sites excluding steroid dienone is 1. The summed E-state index contributed by atoms with van der Waals surface area (Å²) in [5.74, 6) is -2.05. The van der Waals surface area contributed by atoms with Crippen molar-refractivity contribution in [2.45, 2.75) is 32.3 Å². The van der Waals surface area contributed by atoms with Gasteiger partial charge in [0, 0.05) is 12.8 Å². The Morgan fingerprint density at radius 2 is 1.62 bits per heavy atom. The first-order valence-corrected chi connectivity index (χ1v) is 8.50. The van der Waals surface area contributed by atoms with E-state index in [1.54, 1.807) is 12.2 Å². The number of carbonyl (C=O) groups excluding carboxylic acids is 3. The Balaban J connectivity index is 2.41. The van der Waals surface area contributed by atoms with Gasteiger partial charge in [-0.25, -0.2) is 0 Å². The standard InChI is InChI=1S/C20H24O6/c1-14(21)26-17-11-9-16(10-12-17)20(18(22)24-2,19(23)25-3)13-15-7-5-4-6-8-15/h4-9,11,16-17H,10,12-13H2,1-3H3/t16-,17-/m1/s1. The largest absolute Gasteiger partial charge is 0.468 e. The summed E-state index contributed by atoms with van der Waals surface area (Å²) in [4.78, 5) is 36.6. The van der Waals surface area contributed by atoms with Gasteiger partial charge in [-0.1, -0.05) is 36.4 Å². The van der Waals surface area contributed by atoms with Gasteiger partial charge in [0.05, 0.1) is 14.2 Å². The number of esters is 3. The summed E-state index contributed by atoms with van der Waals surface area (Å²) in [7, 11) is 2.53. The van der Waals surface area contributed by atoms with Crippen molar-refractivity contribution in [3.05, 3.63) is 48.0 Å². The topological polar surface area (TPSA) is 78.9 Å². The van der Waals surface area contributed by atoms with Gasteiger partial charge >= 0.3 is 17.9 Å². The van der Waals surface area contributed by atoms with E-state index in [4.69, 9.17) is 14.2 Å². The van der Waals surface area contributed by atoms with Gasteiger partial charge in [0.1, 0.15) is 6.10 Å². The third kappa shape index (κ3) is 4.12. The molecule has 0 bridgehead atoms. The van der Waals surface area contributed by atoms with Crippen molar-refractivity contribution in [3.8, 4) is 0 Å². The van der Waals surface area contributed by atoms with Crippen LogP contribution >= 0.6 is 0 Å². The fourth-order valence-corrected chi connectivity index (χ4v) is 3.46. The minimum Gasteiger partial charge on any atom is -0.468 e. The Kier molecular flexibility index (Phi) is 6.55. The number of benzene rings is 1. The Bertz CT molecular complexity index is 663. The van der Waals surface area contributed by atoms with Crippen LogP contribution in [0.15, 0.2) is 42.5 Å². The van der Waals surface area contributed by atoms with E-state index in [9.17, 15) is 14.4 Å². The lowest BCUT2D eigenvalue weighted by atomic mass is 9.67. The van der Waals surface area contributed by atoms with E-state index in [-0.39, 0.29) is 18.5 Å². The molecule has 2 rings (SSSR count). The Labute approximate surface area is 153 Å². The Morgan fingerprint density at radius 3 is 2.08 bits per heavy atom. The summed E-state index contributed by atoms with van der Waals surface area (Å²) < 4.78 is 15.2. The van der Waals surface area contributed by atoms with Gasteiger partial charge in [0.15, 0.2) is 5.41 Å². The summed E-state index contributed by atoms with van der Waals surface area (Å²) in [5.41, 5.74) is -0.651. The summed E-state index contributed by atoms with van der Waals surface area (Å²) in [6.07, 6.45) is 4.31. The molecule has 1 aromatic carbocycles. The van der Waals surface area contributed by atoms with Crippen LogP contribution in [0.3, 0.4) is 0 Å². The molecule has 0 aliphatic heterocycles. The van der Waals surface area contributed by atoms with Crippen molar-refractivity contribution >= 4 is 17.9 Å². The molecule has 0 N–H and O–H groups in total. The molecule has 1 aliphatic rings. The van der Waals surface area contributed by atoms with Crippen LogP contribution in [-0.2, 0) is 35.0 Å². The highest BCUT2D eigenvalue weighted by molar-refractivity contribution is 6.01. The molecule has 0 saturated carbocycles. The molecule has 0 heterocycles. The van der Waals surface area contributed by atoms with Crippen LogP contribution in [0, 0.1) is 11.3 Å². The predicted octanol–water partition coefficient (Wildman–Crippen LogP) is 2.46. The van der Waals surface area contributed by atoms with E-state index in [0.717, 1.165) is 5.56 Å². The van der Waals surface area contributed by atoms with Crippen molar-refractivity contribution in [3.63, 3.8) is 0 Å². The molecular formula is C20H24O6. The lowest BCUT2D eigenvalue weighted by Gasteiger charge is -2.36. The first-order chi connectivity index (χ1) is 12.4. The summed E-state index contributed by atoms with van der Waals surface area (Å²) in [6.45, 7) is 1.35. The molecule has 26 heavy (non-hydrogen) atoms. The SMILES string of the molecule is COC(=O)C(Cc1ccccc1)(C(=O)OC)[C@@H]1C=C[C@@H](OC(C)=O)CC1. The van der Waals surface area contributed by atoms with Crippen LogP contribution in [0.25, 0.3) is 0 Å². The smallest absolute Gasteiger partial charge is 0.324 e. The molecule has 1 aromatic rings. The second-order valence-corrected chi connectivity index (χ2v) is 6.33. The van der Waals surface area contributed by atoms with Crippen LogP contribution in [0.2, 0.25) is 0 Å². The highest BCUT2D eigenvalue weighted by Crippen LogP contribution is 2.41. The highest BCUT2D eigenvalue weighted by atomic mass is 16.5. The minimum atomic E-state index is -1.48. The Hall–Kier alpha value is -2.63. The first-order valence-electron chi connectivity index (χ1n) is 8.50. The number of hydrogen-bond acceptors (Lipinski definition) is 6. The van der Waals surface area contributed by atoms with Gasteiger partial charge in [-0.2, -0.15) is 0 Å². The lowest BCUT2D eigenvalue weighted by Crippen LogP contribution is -2.49. The van der Waals surface area contributed by atoms with E-state index in [1.165, 1.54) is 21.1 Å². The monoisotopic (exact) mass is 360 g/mol. The normalized spacial score (nSPS) is 19.5. The Morgan fingerprint density at radius 1 is 1.00 bits per heavy atom. The zero-order valence-electron chi connectivity index (χ0n) is 15.3. The van der Waals surface area contributed by atoms with Gasteiger partial charge in [-0.3, -0.25) is 14.4 Å². The second kappa shape index (κ2) is 8.65. The average Bonchev–Trinajstić information content (AvgIpc) is 2.66. The molecule has 6 heteroatoms. The van der Waals surface area contributed by atoms with Gasteiger partial charge < -0.3 is 14.2 Å². The van der Waals surface area contributed by atoms with Crippen molar-refractivity contribution in [2.75, 3.05) is 14.2 Å². The van der Waals surface area contributed by atoms with Crippen molar-refractivity contribution in [1.82, 2.24) is 0 Å². The number of methoxy groups -OCH3 is 2. The summed E-state index contributed by atoms with van der Waals surface area (Å²) in [6, 6.07) is 9.28. The first kappa shape index (κ1) is 19.7. The molecule has 0 aromatic heterocycles. The molecule has 2 atom stereocenters. The van der Waals surface area contributed by atoms with E-state index in [2.05, 4.69) is 0 Å². The van der Waals surface area contributed by atoms with Crippen molar-refractivity contribution in [1.29, 1.82) is 0 Å². The van der Waals surface area contributed by atoms with Gasteiger partial charge in [0.25, 0.3) is 0 Å². The van der Waals surface area contributed by atoms with Gasteiger partial charge in [-0.15, -0.1) is 0 Å². The molecule has 0 spiro atoms. The summed E-state index contributed by atoms with van der Waals surface area (Å²) in [5, 5.41) is 0. The molecule has 6 nitrogen and oxygen atoms in total. The predicted molar refractivity (Wildman–Crippen MR) is 94.0 cm³/mol. The third-order valence-corrected chi connectivity index (χ3v) is 4.70. The van der Waals surface area contributed by atoms with Crippen molar-refractivity contribution < 1.29 is 28.6 Å². The van der Waals surface area contributed by atoms with Gasteiger partial charge in [-0.05, 0) is 30.9 Å². The van der Waals surface area contributed by atoms with Crippen LogP contribution in [-0.4, -0.2) is 38.2 Å². The van der Waals surface area contributed by atoms with Crippen molar-refractivity contribution in [2.24, 2.45) is 11.3 Å². The van der Waals surface area contributed by atoms with E-state index in [0.29, 0.717) is 12.8 Å². The maximum atomic E-state index is 12.8. The molecule has 0 fully saturated rings. The maximum absolute atomic E-state index is 12.8.